The van der Waals surface area contributed by atoms with Gasteiger partial charge in [-0.15, -0.1) is 0 Å². The largest absolute Gasteiger partial charge is 0.358 e. The van der Waals surface area contributed by atoms with Crippen LogP contribution in [0.5, 0.6) is 0 Å². The van der Waals surface area contributed by atoms with Gasteiger partial charge in [-0.05, 0) is 41.5 Å². The Morgan fingerprint density at radius 1 is 0.676 bits per heavy atom. The first-order valence-corrected chi connectivity index (χ1v) is 11.3. The maximum absolute atomic E-state index is 13.9. The summed E-state index contributed by atoms with van der Waals surface area (Å²) in [7, 11) is 0. The van der Waals surface area contributed by atoms with Crippen molar-refractivity contribution in [3.8, 4) is 16.9 Å². The number of aromatic nitrogens is 2. The van der Waals surface area contributed by atoms with E-state index in [0.717, 1.165) is 28.1 Å². The third-order valence-corrected chi connectivity index (χ3v) is 5.77. The average molecular weight is 444 g/mol. The maximum atomic E-state index is 13.9. The third-order valence-electron chi connectivity index (χ3n) is 5.77. The summed E-state index contributed by atoms with van der Waals surface area (Å²) in [4.78, 5) is 20.6. The molecule has 0 saturated heterocycles. The second-order valence-electron chi connectivity index (χ2n) is 8.17. The van der Waals surface area contributed by atoms with Crippen molar-refractivity contribution < 1.29 is 0 Å². The number of benzene rings is 3. The highest BCUT2D eigenvalue weighted by Gasteiger charge is 2.17. The van der Waals surface area contributed by atoms with Crippen LogP contribution in [0.2, 0.25) is 0 Å². The van der Waals surface area contributed by atoms with Crippen molar-refractivity contribution in [3.05, 3.63) is 149 Å². The number of para-hydroxylation sites is 1. The van der Waals surface area contributed by atoms with Crippen LogP contribution in [0.4, 0.5) is 5.69 Å². The lowest BCUT2D eigenvalue weighted by Gasteiger charge is -2.26. The highest BCUT2D eigenvalue weighted by molar-refractivity contribution is 5.65. The topological polar surface area (TPSA) is 38.1 Å². The van der Waals surface area contributed by atoms with Crippen LogP contribution < -0.4 is 10.5 Å². The van der Waals surface area contributed by atoms with Crippen LogP contribution in [0.1, 0.15) is 11.1 Å². The van der Waals surface area contributed by atoms with Crippen molar-refractivity contribution in [2.24, 2.45) is 0 Å². The molecule has 5 rings (SSSR count). The summed E-state index contributed by atoms with van der Waals surface area (Å²) >= 11 is 0. The zero-order valence-corrected chi connectivity index (χ0v) is 18.8. The number of hydrogen-bond donors (Lipinski definition) is 0. The molecule has 0 aliphatic heterocycles. The molecule has 4 nitrogen and oxygen atoms in total. The number of anilines is 1. The summed E-state index contributed by atoms with van der Waals surface area (Å²) in [6, 6.07) is 38.1. The fourth-order valence-electron chi connectivity index (χ4n) is 4.08. The van der Waals surface area contributed by atoms with Crippen molar-refractivity contribution in [1.82, 2.24) is 9.55 Å². The Morgan fingerprint density at radius 3 is 1.79 bits per heavy atom. The summed E-state index contributed by atoms with van der Waals surface area (Å²) < 4.78 is 1.72. The standard InChI is InChI=1S/C30H25N3O/c34-30-29(32(21-24-12-4-1-5-13-24)22-25-14-6-2-7-15-25)20-26(28-18-10-11-19-31-28)23-33(30)27-16-8-3-9-17-27/h1-20,23H,21-22H2. The predicted molar refractivity (Wildman–Crippen MR) is 138 cm³/mol. The molecular weight excluding hydrogens is 418 g/mol. The van der Waals surface area contributed by atoms with Crippen LogP contribution >= 0.6 is 0 Å². The number of hydrogen-bond acceptors (Lipinski definition) is 3. The van der Waals surface area contributed by atoms with Crippen LogP contribution in [-0.4, -0.2) is 9.55 Å². The summed E-state index contributed by atoms with van der Waals surface area (Å²) in [6.45, 7) is 1.23. The Hall–Kier alpha value is -4.44. The molecule has 0 unspecified atom stereocenters. The van der Waals surface area contributed by atoms with Gasteiger partial charge in [0.05, 0.1) is 5.69 Å². The highest BCUT2D eigenvalue weighted by Crippen LogP contribution is 2.24. The molecule has 0 spiro atoms. The minimum Gasteiger partial charge on any atom is -0.358 e. The van der Waals surface area contributed by atoms with E-state index in [1.165, 1.54) is 0 Å². The lowest BCUT2D eigenvalue weighted by molar-refractivity contribution is 0.785. The first-order valence-electron chi connectivity index (χ1n) is 11.3. The molecule has 3 aromatic carbocycles. The SMILES string of the molecule is O=c1c(N(Cc2ccccc2)Cc2ccccc2)cc(-c2ccccn2)cn1-c1ccccc1. The van der Waals surface area contributed by atoms with Crippen LogP contribution in [-0.2, 0) is 13.1 Å². The molecule has 166 valence electrons. The normalized spacial score (nSPS) is 10.7. The lowest BCUT2D eigenvalue weighted by atomic mass is 10.1. The Balaban J connectivity index is 1.68. The quantitative estimate of drug-likeness (QED) is 0.305. The molecule has 5 aromatic rings. The molecule has 0 aliphatic carbocycles. The van der Waals surface area contributed by atoms with E-state index in [4.69, 9.17) is 0 Å². The van der Waals surface area contributed by atoms with Gasteiger partial charge in [0.25, 0.3) is 5.56 Å². The molecule has 2 aromatic heterocycles. The van der Waals surface area contributed by atoms with Gasteiger partial charge in [0.1, 0.15) is 5.69 Å². The van der Waals surface area contributed by atoms with Crippen molar-refractivity contribution in [3.63, 3.8) is 0 Å². The van der Waals surface area contributed by atoms with Gasteiger partial charge >= 0.3 is 0 Å². The summed E-state index contributed by atoms with van der Waals surface area (Å²) in [5.41, 5.74) is 5.42. The van der Waals surface area contributed by atoms with Crippen molar-refractivity contribution in [2.75, 3.05) is 4.90 Å². The fourth-order valence-corrected chi connectivity index (χ4v) is 4.08. The third kappa shape index (κ3) is 4.81. The van der Waals surface area contributed by atoms with Gasteiger partial charge in [-0.25, -0.2) is 0 Å². The minimum absolute atomic E-state index is 0.0576. The summed E-state index contributed by atoms with van der Waals surface area (Å²) in [6.07, 6.45) is 3.66. The molecule has 0 radical (unpaired) electrons. The number of rotatable bonds is 7. The molecule has 0 saturated carbocycles. The number of nitrogens with zero attached hydrogens (tertiary/aromatic N) is 3. The average Bonchev–Trinajstić information content (AvgIpc) is 2.91. The van der Waals surface area contributed by atoms with Crippen LogP contribution in [0, 0.1) is 0 Å². The van der Waals surface area contributed by atoms with Gasteiger partial charge in [-0.3, -0.25) is 14.3 Å². The molecule has 2 heterocycles. The molecule has 0 fully saturated rings. The smallest absolute Gasteiger partial charge is 0.278 e. The molecule has 0 N–H and O–H groups in total. The maximum Gasteiger partial charge on any atom is 0.278 e. The molecular formula is C30H25N3O. The molecule has 0 atom stereocenters. The van der Waals surface area contributed by atoms with E-state index in [1.54, 1.807) is 10.8 Å². The van der Waals surface area contributed by atoms with E-state index >= 15 is 0 Å². The second-order valence-corrected chi connectivity index (χ2v) is 8.17. The lowest BCUT2D eigenvalue weighted by Crippen LogP contribution is -2.31. The zero-order chi connectivity index (χ0) is 23.2. The van der Waals surface area contributed by atoms with Gasteiger partial charge in [-0.1, -0.05) is 84.9 Å². The van der Waals surface area contributed by atoms with E-state index in [9.17, 15) is 4.79 Å². The van der Waals surface area contributed by atoms with Crippen molar-refractivity contribution >= 4 is 5.69 Å². The minimum atomic E-state index is -0.0576. The van der Waals surface area contributed by atoms with E-state index in [1.807, 2.05) is 97.2 Å². The highest BCUT2D eigenvalue weighted by atomic mass is 16.1. The Kier molecular flexibility index (Phi) is 6.30. The second kappa shape index (κ2) is 10.0. The van der Waals surface area contributed by atoms with E-state index in [-0.39, 0.29) is 5.56 Å². The van der Waals surface area contributed by atoms with Crippen LogP contribution in [0.3, 0.4) is 0 Å². The monoisotopic (exact) mass is 443 g/mol. The van der Waals surface area contributed by atoms with E-state index in [0.29, 0.717) is 18.8 Å². The van der Waals surface area contributed by atoms with Crippen molar-refractivity contribution in [2.45, 2.75) is 13.1 Å². The number of pyridine rings is 2. The first-order chi connectivity index (χ1) is 16.8. The van der Waals surface area contributed by atoms with Gasteiger partial charge in [-0.2, -0.15) is 0 Å². The van der Waals surface area contributed by atoms with Crippen molar-refractivity contribution in [1.29, 1.82) is 0 Å². The van der Waals surface area contributed by atoms with Gasteiger partial charge < -0.3 is 4.90 Å². The molecule has 34 heavy (non-hydrogen) atoms. The van der Waals surface area contributed by atoms with Gasteiger partial charge in [0.15, 0.2) is 0 Å². The van der Waals surface area contributed by atoms with Crippen LogP contribution in [0.15, 0.2) is 132 Å². The van der Waals surface area contributed by atoms with Crippen LogP contribution in [0.25, 0.3) is 16.9 Å². The molecule has 0 aliphatic rings. The zero-order valence-electron chi connectivity index (χ0n) is 18.8. The Bertz CT molecular complexity index is 1360. The summed E-state index contributed by atoms with van der Waals surface area (Å²) in [5, 5.41) is 0. The fraction of sp³-hybridized carbons (Fsp3) is 0.0667. The molecule has 0 amide bonds. The van der Waals surface area contributed by atoms with E-state index in [2.05, 4.69) is 34.1 Å². The molecule has 4 heteroatoms. The predicted octanol–water partition coefficient (Wildman–Crippen LogP) is 6.11. The van der Waals surface area contributed by atoms with Gasteiger partial charge in [0.2, 0.25) is 0 Å². The first kappa shape index (κ1) is 21.4. The van der Waals surface area contributed by atoms with Gasteiger partial charge in [0, 0.05) is 36.7 Å². The molecule has 0 bridgehead atoms. The Morgan fingerprint density at radius 2 is 1.24 bits per heavy atom. The Labute approximate surface area is 199 Å². The van der Waals surface area contributed by atoms with E-state index < -0.39 is 0 Å². The summed E-state index contributed by atoms with van der Waals surface area (Å²) in [5.74, 6) is 0.